The summed E-state index contributed by atoms with van der Waals surface area (Å²) < 4.78 is 8.08. The van der Waals surface area contributed by atoms with Crippen molar-refractivity contribution in [1.82, 2.24) is 19.7 Å². The van der Waals surface area contributed by atoms with Crippen LogP contribution in [0.2, 0.25) is 0 Å². The van der Waals surface area contributed by atoms with E-state index in [1.54, 1.807) is 6.07 Å². The Morgan fingerprint density at radius 3 is 2.88 bits per heavy atom. The van der Waals surface area contributed by atoms with Gasteiger partial charge in [0.25, 0.3) is 5.91 Å². The van der Waals surface area contributed by atoms with E-state index in [2.05, 4.69) is 27.1 Å². The molecule has 2 N–H and O–H groups in total. The molecular weight excluding hydrogens is 318 g/mol. The zero-order chi connectivity index (χ0) is 17.4. The highest BCUT2D eigenvalue weighted by Crippen LogP contribution is 2.33. The number of hydrogen-bond acceptors (Lipinski definition) is 5. The van der Waals surface area contributed by atoms with Gasteiger partial charge >= 0.3 is 0 Å². The summed E-state index contributed by atoms with van der Waals surface area (Å²) in [5.41, 5.74) is 8.55. The summed E-state index contributed by atoms with van der Waals surface area (Å²) in [6.07, 6.45) is 1.90. The predicted molar refractivity (Wildman–Crippen MR) is 91.7 cm³/mol. The Kier molecular flexibility index (Phi) is 4.05. The van der Waals surface area contributed by atoms with Gasteiger partial charge in [-0.25, -0.2) is 0 Å². The number of aromatic nitrogens is 3. The fourth-order valence-corrected chi connectivity index (χ4v) is 3.71. The molecule has 2 aromatic rings. The molecule has 0 radical (unpaired) electrons. The van der Waals surface area contributed by atoms with Gasteiger partial charge in [0.15, 0.2) is 0 Å². The molecule has 4 rings (SSSR count). The van der Waals surface area contributed by atoms with Gasteiger partial charge < -0.3 is 10.5 Å². The van der Waals surface area contributed by atoms with Crippen LogP contribution in [-0.2, 0) is 24.4 Å². The van der Waals surface area contributed by atoms with Crippen molar-refractivity contribution in [3.8, 4) is 0 Å². The van der Waals surface area contributed by atoms with E-state index in [4.69, 9.17) is 10.5 Å². The Balaban J connectivity index is 1.40. The Labute approximate surface area is 146 Å². The molecule has 4 heterocycles. The first-order chi connectivity index (χ1) is 12.0. The van der Waals surface area contributed by atoms with Crippen molar-refractivity contribution < 1.29 is 9.53 Å². The molecule has 0 bridgehead atoms. The minimum absolute atomic E-state index is 0.190. The van der Waals surface area contributed by atoms with E-state index in [1.165, 1.54) is 0 Å². The second-order valence-corrected chi connectivity index (χ2v) is 7.06. The monoisotopic (exact) mass is 341 g/mol. The highest BCUT2D eigenvalue weighted by Gasteiger charge is 2.39. The number of carbonyl (C=O) groups excluding carboxylic acids is 1. The Morgan fingerprint density at radius 1 is 1.36 bits per heavy atom. The molecule has 1 fully saturated rings. The normalized spacial score (nSPS) is 19.7. The summed E-state index contributed by atoms with van der Waals surface area (Å²) in [6, 6.07) is 7.89. The van der Waals surface area contributed by atoms with Crippen LogP contribution in [0.1, 0.15) is 40.4 Å². The minimum Gasteiger partial charge on any atom is -0.367 e. The summed E-state index contributed by atoms with van der Waals surface area (Å²) in [5.74, 6) is -0.489. The number of aryl methyl sites for hydroxylation is 1. The van der Waals surface area contributed by atoms with Gasteiger partial charge in [-0.05, 0) is 38.0 Å². The molecule has 2 aromatic heterocycles. The average molecular weight is 341 g/mol. The second-order valence-electron chi connectivity index (χ2n) is 7.06. The van der Waals surface area contributed by atoms with Crippen LogP contribution >= 0.6 is 0 Å². The first-order valence-electron chi connectivity index (χ1n) is 8.68. The molecule has 0 aliphatic carbocycles. The Bertz CT molecular complexity index is 793. The number of ether oxygens (including phenoxy) is 1. The zero-order valence-corrected chi connectivity index (χ0v) is 14.4. The molecule has 132 valence electrons. The van der Waals surface area contributed by atoms with Crippen LogP contribution in [0.3, 0.4) is 0 Å². The average Bonchev–Trinajstić information content (AvgIpc) is 3.01. The molecule has 2 aliphatic rings. The van der Waals surface area contributed by atoms with Crippen molar-refractivity contribution >= 4 is 5.91 Å². The molecule has 25 heavy (non-hydrogen) atoms. The van der Waals surface area contributed by atoms with Crippen molar-refractivity contribution in [1.29, 1.82) is 0 Å². The van der Waals surface area contributed by atoms with E-state index in [9.17, 15) is 4.79 Å². The number of likely N-dealkylation sites (tertiary alicyclic amines) is 1. The molecule has 2 aliphatic heterocycles. The summed E-state index contributed by atoms with van der Waals surface area (Å²) in [7, 11) is 0. The molecule has 0 unspecified atom stereocenters. The number of primary amides is 1. The van der Waals surface area contributed by atoms with Crippen LogP contribution < -0.4 is 5.73 Å². The van der Waals surface area contributed by atoms with Gasteiger partial charge in [0.05, 0.1) is 30.1 Å². The standard InChI is InChI=1S/C18H23N5O2/c1-13-3-2-4-14(20-13)10-22-7-5-18(6-8-22)12-23-15(11-25-18)9-16(21-23)17(19)24/h2-4,9H,5-8,10-12H2,1H3,(H2,19,24). The smallest absolute Gasteiger partial charge is 0.269 e. The lowest BCUT2D eigenvalue weighted by molar-refractivity contribution is -0.124. The van der Waals surface area contributed by atoms with E-state index >= 15 is 0 Å². The summed E-state index contributed by atoms with van der Waals surface area (Å²) in [4.78, 5) is 18.3. The number of hydrogen-bond donors (Lipinski definition) is 1. The minimum atomic E-state index is -0.489. The molecule has 1 saturated heterocycles. The SMILES string of the molecule is Cc1cccc(CN2CCC3(CC2)Cn2nc(C(N)=O)cc2CO3)n1. The van der Waals surface area contributed by atoms with E-state index in [0.717, 1.165) is 49.6 Å². The number of carbonyl (C=O) groups is 1. The van der Waals surface area contributed by atoms with Crippen molar-refractivity contribution in [3.63, 3.8) is 0 Å². The van der Waals surface area contributed by atoms with E-state index < -0.39 is 5.91 Å². The summed E-state index contributed by atoms with van der Waals surface area (Å²) >= 11 is 0. The number of fused-ring (bicyclic) bond motifs is 1. The third-order valence-corrected chi connectivity index (χ3v) is 5.18. The van der Waals surface area contributed by atoms with Crippen LogP contribution in [0.25, 0.3) is 0 Å². The maximum atomic E-state index is 11.3. The topological polar surface area (TPSA) is 86.3 Å². The highest BCUT2D eigenvalue weighted by atomic mass is 16.5. The number of nitrogens with zero attached hydrogens (tertiary/aromatic N) is 4. The van der Waals surface area contributed by atoms with Crippen molar-refractivity contribution in [2.24, 2.45) is 5.73 Å². The second kappa shape index (κ2) is 6.24. The molecule has 1 spiro atoms. The van der Waals surface area contributed by atoms with E-state index in [1.807, 2.05) is 17.7 Å². The van der Waals surface area contributed by atoms with Gasteiger partial charge in [-0.15, -0.1) is 0 Å². The molecule has 0 atom stereocenters. The largest absolute Gasteiger partial charge is 0.367 e. The van der Waals surface area contributed by atoms with Crippen molar-refractivity contribution in [2.75, 3.05) is 13.1 Å². The lowest BCUT2D eigenvalue weighted by Gasteiger charge is -2.43. The Hall–Kier alpha value is -2.25. The van der Waals surface area contributed by atoms with Gasteiger partial charge in [-0.1, -0.05) is 6.07 Å². The maximum Gasteiger partial charge on any atom is 0.269 e. The van der Waals surface area contributed by atoms with Crippen LogP contribution in [0.5, 0.6) is 0 Å². The summed E-state index contributed by atoms with van der Waals surface area (Å²) in [5, 5.41) is 4.33. The summed E-state index contributed by atoms with van der Waals surface area (Å²) in [6.45, 7) is 6.00. The molecule has 0 saturated carbocycles. The van der Waals surface area contributed by atoms with Crippen LogP contribution in [0, 0.1) is 6.92 Å². The van der Waals surface area contributed by atoms with Gasteiger partial charge in [0, 0.05) is 25.3 Å². The number of nitrogens with two attached hydrogens (primary N) is 1. The van der Waals surface area contributed by atoms with Gasteiger partial charge in [-0.2, -0.15) is 5.10 Å². The highest BCUT2D eigenvalue weighted by molar-refractivity contribution is 5.90. The first kappa shape index (κ1) is 16.2. The molecule has 7 nitrogen and oxygen atoms in total. The third kappa shape index (κ3) is 3.29. The number of pyridine rings is 1. The molecule has 1 amide bonds. The fraction of sp³-hybridized carbons (Fsp3) is 0.500. The fourth-order valence-electron chi connectivity index (χ4n) is 3.71. The van der Waals surface area contributed by atoms with Crippen LogP contribution in [0.4, 0.5) is 0 Å². The zero-order valence-electron chi connectivity index (χ0n) is 14.4. The lowest BCUT2D eigenvalue weighted by Crippen LogP contribution is -2.50. The van der Waals surface area contributed by atoms with Gasteiger partial charge in [0.1, 0.15) is 5.69 Å². The number of amides is 1. The van der Waals surface area contributed by atoms with E-state index in [-0.39, 0.29) is 5.60 Å². The van der Waals surface area contributed by atoms with Gasteiger partial charge in [0.2, 0.25) is 0 Å². The maximum absolute atomic E-state index is 11.3. The number of rotatable bonds is 3. The van der Waals surface area contributed by atoms with Gasteiger partial charge in [-0.3, -0.25) is 19.4 Å². The van der Waals surface area contributed by atoms with Crippen LogP contribution in [-0.4, -0.2) is 44.3 Å². The van der Waals surface area contributed by atoms with Crippen molar-refractivity contribution in [3.05, 3.63) is 47.0 Å². The lowest BCUT2D eigenvalue weighted by atomic mass is 9.90. The quantitative estimate of drug-likeness (QED) is 0.908. The van der Waals surface area contributed by atoms with E-state index in [0.29, 0.717) is 18.8 Å². The molecule has 7 heteroatoms. The predicted octanol–water partition coefficient (Wildman–Crippen LogP) is 1.25. The molecule has 0 aromatic carbocycles. The van der Waals surface area contributed by atoms with Crippen LogP contribution in [0.15, 0.2) is 24.3 Å². The number of piperidine rings is 1. The molecular formula is C18H23N5O2. The van der Waals surface area contributed by atoms with Crippen molar-refractivity contribution in [2.45, 2.75) is 45.1 Å². The first-order valence-corrected chi connectivity index (χ1v) is 8.68. The Morgan fingerprint density at radius 2 is 2.16 bits per heavy atom. The third-order valence-electron chi connectivity index (χ3n) is 5.18.